The minimum atomic E-state index is -0.280. The minimum absolute atomic E-state index is 0.0584. The zero-order chi connectivity index (χ0) is 12.8. The van der Waals surface area contributed by atoms with Crippen molar-refractivity contribution in [2.24, 2.45) is 0 Å². The minimum Gasteiger partial charge on any atom is -0.378 e. The molecular weight excluding hydrogens is 230 g/mol. The number of hydrogen-bond donors (Lipinski definition) is 0. The van der Waals surface area contributed by atoms with Crippen LogP contribution in [0.5, 0.6) is 0 Å². The predicted molar refractivity (Wildman–Crippen MR) is 67.5 cm³/mol. The van der Waals surface area contributed by atoms with Crippen molar-refractivity contribution in [2.75, 3.05) is 26.3 Å². The van der Waals surface area contributed by atoms with Crippen LogP contribution in [-0.4, -0.2) is 43.4 Å². The van der Waals surface area contributed by atoms with Gasteiger partial charge in [-0.1, -0.05) is 30.3 Å². The standard InChI is InChI=1S/C14H14NO3/c16-11-13(10-12-4-2-1-3-5-12)14(17)15-6-8-18-9-7-15/h1-5,10H,6-9H2. The predicted octanol–water partition coefficient (Wildman–Crippen LogP) is 1.04. The maximum atomic E-state index is 12.1. The van der Waals surface area contributed by atoms with E-state index in [2.05, 4.69) is 0 Å². The number of carbonyl (C=O) groups is 1. The van der Waals surface area contributed by atoms with Gasteiger partial charge in [-0.25, -0.2) is 0 Å². The molecule has 1 aliphatic rings. The number of benzene rings is 1. The average Bonchev–Trinajstić information content (AvgIpc) is 2.46. The van der Waals surface area contributed by atoms with E-state index in [4.69, 9.17) is 4.74 Å². The molecule has 1 aromatic rings. The van der Waals surface area contributed by atoms with Gasteiger partial charge in [0.25, 0.3) is 5.91 Å². The fourth-order valence-corrected chi connectivity index (χ4v) is 1.79. The molecule has 0 aliphatic carbocycles. The van der Waals surface area contributed by atoms with Crippen LogP contribution in [0.3, 0.4) is 0 Å². The molecule has 1 saturated heterocycles. The van der Waals surface area contributed by atoms with Gasteiger partial charge < -0.3 is 9.64 Å². The van der Waals surface area contributed by atoms with E-state index in [0.717, 1.165) is 5.56 Å². The molecule has 4 heteroatoms. The molecule has 93 valence electrons. The Morgan fingerprint density at radius 1 is 1.22 bits per heavy atom. The maximum absolute atomic E-state index is 12.1. The first kappa shape index (κ1) is 12.5. The summed E-state index contributed by atoms with van der Waals surface area (Å²) in [6.45, 7) is 2.08. The monoisotopic (exact) mass is 244 g/mol. The van der Waals surface area contributed by atoms with Gasteiger partial charge in [0.2, 0.25) is 6.29 Å². The number of amides is 1. The quantitative estimate of drug-likeness (QED) is 0.453. The molecule has 1 heterocycles. The number of nitrogens with zero attached hydrogens (tertiary/aromatic N) is 1. The molecular formula is C14H14NO3. The Hall–Kier alpha value is -1.94. The lowest BCUT2D eigenvalue weighted by atomic mass is 10.1. The van der Waals surface area contributed by atoms with Crippen LogP contribution < -0.4 is 0 Å². The molecule has 2 rings (SSSR count). The summed E-state index contributed by atoms with van der Waals surface area (Å²) in [7, 11) is 0. The van der Waals surface area contributed by atoms with Crippen LogP contribution in [0.15, 0.2) is 35.9 Å². The van der Waals surface area contributed by atoms with Gasteiger partial charge in [0.1, 0.15) is 0 Å². The zero-order valence-corrected chi connectivity index (χ0v) is 9.96. The Morgan fingerprint density at radius 2 is 1.89 bits per heavy atom. The van der Waals surface area contributed by atoms with Crippen molar-refractivity contribution < 1.29 is 14.3 Å². The zero-order valence-electron chi connectivity index (χ0n) is 9.96. The largest absolute Gasteiger partial charge is 0.378 e. The van der Waals surface area contributed by atoms with Crippen molar-refractivity contribution in [1.82, 2.24) is 4.90 Å². The molecule has 0 N–H and O–H groups in total. The summed E-state index contributed by atoms with van der Waals surface area (Å²) in [4.78, 5) is 24.6. The first-order chi connectivity index (χ1) is 8.81. The van der Waals surface area contributed by atoms with E-state index in [-0.39, 0.29) is 11.5 Å². The summed E-state index contributed by atoms with van der Waals surface area (Å²) in [5.41, 5.74) is 0.876. The summed E-state index contributed by atoms with van der Waals surface area (Å²) in [5.74, 6) is -0.280. The summed E-state index contributed by atoms with van der Waals surface area (Å²) in [6.07, 6.45) is 3.29. The van der Waals surface area contributed by atoms with Crippen LogP contribution in [0.2, 0.25) is 0 Å². The van der Waals surface area contributed by atoms with Crippen molar-refractivity contribution in [3.05, 3.63) is 41.5 Å². The number of rotatable bonds is 3. The highest BCUT2D eigenvalue weighted by Crippen LogP contribution is 2.09. The van der Waals surface area contributed by atoms with Crippen LogP contribution in [0.4, 0.5) is 0 Å². The molecule has 1 amide bonds. The lowest BCUT2D eigenvalue weighted by Gasteiger charge is -2.26. The van der Waals surface area contributed by atoms with E-state index in [0.29, 0.717) is 26.3 Å². The number of carbonyl (C=O) groups excluding carboxylic acids is 2. The number of hydrogen-bond acceptors (Lipinski definition) is 3. The first-order valence-corrected chi connectivity index (χ1v) is 5.83. The van der Waals surface area contributed by atoms with Crippen LogP contribution in [0.25, 0.3) is 6.08 Å². The maximum Gasteiger partial charge on any atom is 0.258 e. The van der Waals surface area contributed by atoms with E-state index in [1.54, 1.807) is 17.3 Å². The van der Waals surface area contributed by atoms with E-state index >= 15 is 0 Å². The Bertz CT molecular complexity index is 447. The second-order valence-corrected chi connectivity index (χ2v) is 3.98. The smallest absolute Gasteiger partial charge is 0.258 e. The highest BCUT2D eigenvalue weighted by Gasteiger charge is 2.20. The summed E-state index contributed by atoms with van der Waals surface area (Å²) < 4.78 is 5.17. The van der Waals surface area contributed by atoms with Gasteiger partial charge in [0.05, 0.1) is 18.8 Å². The molecule has 0 aromatic heterocycles. The first-order valence-electron chi connectivity index (χ1n) is 5.83. The van der Waals surface area contributed by atoms with Crippen LogP contribution in [0, 0.1) is 0 Å². The molecule has 0 spiro atoms. The Balaban J connectivity index is 2.15. The second-order valence-electron chi connectivity index (χ2n) is 3.98. The van der Waals surface area contributed by atoms with Gasteiger partial charge in [0, 0.05) is 13.1 Å². The summed E-state index contributed by atoms with van der Waals surface area (Å²) >= 11 is 0. The third-order valence-electron chi connectivity index (χ3n) is 2.75. The Labute approximate surface area is 106 Å². The van der Waals surface area contributed by atoms with Crippen LogP contribution in [0.1, 0.15) is 5.56 Å². The van der Waals surface area contributed by atoms with Gasteiger partial charge in [-0.2, -0.15) is 0 Å². The van der Waals surface area contributed by atoms with E-state index in [9.17, 15) is 9.59 Å². The van der Waals surface area contributed by atoms with Crippen LogP contribution >= 0.6 is 0 Å². The highest BCUT2D eigenvalue weighted by atomic mass is 16.5. The fraction of sp³-hybridized carbons (Fsp3) is 0.286. The molecule has 4 nitrogen and oxygen atoms in total. The number of ether oxygens (including phenoxy) is 1. The van der Waals surface area contributed by atoms with Gasteiger partial charge in [-0.3, -0.25) is 9.59 Å². The van der Waals surface area contributed by atoms with E-state index in [1.807, 2.05) is 30.3 Å². The van der Waals surface area contributed by atoms with Gasteiger partial charge in [-0.15, -0.1) is 0 Å². The lowest BCUT2D eigenvalue weighted by Crippen LogP contribution is -2.41. The third kappa shape index (κ3) is 3.05. The summed E-state index contributed by atoms with van der Waals surface area (Å²) in [5, 5.41) is 0. The van der Waals surface area contributed by atoms with Crippen molar-refractivity contribution in [3.8, 4) is 0 Å². The molecule has 0 saturated carbocycles. The van der Waals surface area contributed by atoms with Crippen molar-refractivity contribution in [2.45, 2.75) is 0 Å². The molecule has 0 bridgehead atoms. The molecule has 1 aromatic carbocycles. The molecule has 0 atom stereocenters. The fourth-order valence-electron chi connectivity index (χ4n) is 1.79. The average molecular weight is 244 g/mol. The van der Waals surface area contributed by atoms with Crippen molar-refractivity contribution in [1.29, 1.82) is 0 Å². The molecule has 18 heavy (non-hydrogen) atoms. The van der Waals surface area contributed by atoms with Crippen LogP contribution in [-0.2, 0) is 14.3 Å². The SMILES string of the molecule is O=[C]C(=Cc1ccccc1)C(=O)N1CCOCC1. The highest BCUT2D eigenvalue weighted by molar-refractivity contribution is 6.14. The van der Waals surface area contributed by atoms with Gasteiger partial charge in [-0.05, 0) is 11.6 Å². The second kappa shape index (κ2) is 6.12. The van der Waals surface area contributed by atoms with E-state index in [1.165, 1.54) is 0 Å². The Kier molecular flexibility index (Phi) is 4.25. The molecule has 0 unspecified atom stereocenters. The van der Waals surface area contributed by atoms with Crippen molar-refractivity contribution in [3.63, 3.8) is 0 Å². The molecule has 1 fully saturated rings. The normalized spacial score (nSPS) is 16.4. The topological polar surface area (TPSA) is 46.6 Å². The Morgan fingerprint density at radius 3 is 2.50 bits per heavy atom. The number of morpholine rings is 1. The third-order valence-corrected chi connectivity index (χ3v) is 2.75. The van der Waals surface area contributed by atoms with E-state index < -0.39 is 0 Å². The van der Waals surface area contributed by atoms with Crippen molar-refractivity contribution >= 4 is 18.3 Å². The molecule has 1 aliphatic heterocycles. The lowest BCUT2D eigenvalue weighted by molar-refractivity contribution is -0.130. The summed E-state index contributed by atoms with van der Waals surface area (Å²) in [6, 6.07) is 9.26. The van der Waals surface area contributed by atoms with Gasteiger partial charge in [0.15, 0.2) is 0 Å². The van der Waals surface area contributed by atoms with Gasteiger partial charge >= 0.3 is 0 Å². The molecule has 1 radical (unpaired) electrons.